The zero-order valence-electron chi connectivity index (χ0n) is 13.2. The maximum absolute atomic E-state index is 12.8. The van der Waals surface area contributed by atoms with E-state index < -0.39 is 0 Å². The van der Waals surface area contributed by atoms with Crippen LogP contribution in [0.2, 0.25) is 0 Å². The molecule has 0 saturated carbocycles. The van der Waals surface area contributed by atoms with E-state index in [2.05, 4.69) is 0 Å². The third kappa shape index (κ3) is 3.76. The van der Waals surface area contributed by atoms with Gasteiger partial charge in [0.2, 0.25) is 0 Å². The van der Waals surface area contributed by atoms with E-state index in [1.807, 2.05) is 30.0 Å². The fourth-order valence-corrected chi connectivity index (χ4v) is 3.01. The lowest BCUT2D eigenvalue weighted by atomic mass is 9.94. The van der Waals surface area contributed by atoms with Crippen molar-refractivity contribution in [3.63, 3.8) is 0 Å². The Kier molecular flexibility index (Phi) is 5.62. The van der Waals surface area contributed by atoms with Crippen molar-refractivity contribution in [2.75, 3.05) is 33.9 Å². The average molecular weight is 291 g/mol. The van der Waals surface area contributed by atoms with Crippen LogP contribution in [-0.4, -0.2) is 44.7 Å². The number of likely N-dealkylation sites (tertiary alicyclic amines) is 1. The summed E-state index contributed by atoms with van der Waals surface area (Å²) in [6.45, 7) is 4.38. The Labute approximate surface area is 127 Å². The lowest BCUT2D eigenvalue weighted by molar-refractivity contribution is 0.0638. The minimum Gasteiger partial charge on any atom is -0.496 e. The van der Waals surface area contributed by atoms with Crippen molar-refractivity contribution in [3.05, 3.63) is 29.3 Å². The molecule has 1 saturated heterocycles. The summed E-state index contributed by atoms with van der Waals surface area (Å²) in [6, 6.07) is 5.73. The predicted molar refractivity (Wildman–Crippen MR) is 82.9 cm³/mol. The normalized spacial score (nSPS) is 18.6. The van der Waals surface area contributed by atoms with E-state index in [0.717, 1.165) is 38.1 Å². The number of aryl methyl sites for hydroxylation is 1. The Morgan fingerprint density at radius 1 is 1.38 bits per heavy atom. The lowest BCUT2D eigenvalue weighted by Gasteiger charge is -2.33. The van der Waals surface area contributed by atoms with Crippen LogP contribution >= 0.6 is 0 Å². The molecule has 0 N–H and O–H groups in total. The van der Waals surface area contributed by atoms with Gasteiger partial charge < -0.3 is 14.4 Å². The molecule has 116 valence electrons. The highest BCUT2D eigenvalue weighted by Gasteiger charge is 2.26. The third-order valence-corrected chi connectivity index (χ3v) is 4.20. The quantitative estimate of drug-likeness (QED) is 0.837. The van der Waals surface area contributed by atoms with Crippen molar-refractivity contribution < 1.29 is 14.3 Å². The van der Waals surface area contributed by atoms with Crippen molar-refractivity contribution in [3.8, 4) is 5.75 Å². The van der Waals surface area contributed by atoms with E-state index in [0.29, 0.717) is 17.2 Å². The van der Waals surface area contributed by atoms with Gasteiger partial charge in [0.25, 0.3) is 5.91 Å². The summed E-state index contributed by atoms with van der Waals surface area (Å²) in [5, 5.41) is 0. The Balaban J connectivity index is 2.12. The van der Waals surface area contributed by atoms with Gasteiger partial charge in [0.1, 0.15) is 5.75 Å². The molecule has 1 atom stereocenters. The topological polar surface area (TPSA) is 38.8 Å². The molecule has 1 heterocycles. The predicted octanol–water partition coefficient (Wildman–Crippen LogP) is 2.89. The number of carbonyl (C=O) groups is 1. The number of hydrogen-bond donors (Lipinski definition) is 0. The number of hydrogen-bond acceptors (Lipinski definition) is 3. The van der Waals surface area contributed by atoms with Gasteiger partial charge in [-0.05, 0) is 43.7 Å². The van der Waals surface area contributed by atoms with Crippen molar-refractivity contribution in [2.45, 2.75) is 26.2 Å². The zero-order chi connectivity index (χ0) is 15.2. The van der Waals surface area contributed by atoms with Gasteiger partial charge in [-0.15, -0.1) is 0 Å². The molecule has 21 heavy (non-hydrogen) atoms. The molecule has 1 aromatic rings. The second-order valence-electron chi connectivity index (χ2n) is 5.69. The first-order valence-corrected chi connectivity index (χ1v) is 7.59. The summed E-state index contributed by atoms with van der Waals surface area (Å²) in [6.07, 6.45) is 3.26. The zero-order valence-corrected chi connectivity index (χ0v) is 13.2. The van der Waals surface area contributed by atoms with Crippen molar-refractivity contribution in [1.29, 1.82) is 0 Å². The van der Waals surface area contributed by atoms with Crippen LogP contribution in [-0.2, 0) is 4.74 Å². The number of rotatable bonds is 5. The maximum atomic E-state index is 12.8. The van der Waals surface area contributed by atoms with Gasteiger partial charge in [-0.2, -0.15) is 0 Å². The summed E-state index contributed by atoms with van der Waals surface area (Å²) < 4.78 is 10.5. The highest BCUT2D eigenvalue weighted by molar-refractivity contribution is 5.98. The largest absolute Gasteiger partial charge is 0.496 e. The molecule has 2 rings (SSSR count). The molecular formula is C17H25NO3. The summed E-state index contributed by atoms with van der Waals surface area (Å²) >= 11 is 0. The molecule has 4 heteroatoms. The molecular weight excluding hydrogens is 266 g/mol. The molecule has 4 nitrogen and oxygen atoms in total. The highest BCUT2D eigenvalue weighted by Crippen LogP contribution is 2.27. The van der Waals surface area contributed by atoms with E-state index in [-0.39, 0.29) is 5.91 Å². The molecule has 0 radical (unpaired) electrons. The van der Waals surface area contributed by atoms with Crippen LogP contribution in [0.4, 0.5) is 0 Å². The third-order valence-electron chi connectivity index (χ3n) is 4.20. The van der Waals surface area contributed by atoms with Crippen LogP contribution in [0, 0.1) is 12.8 Å². The minimum absolute atomic E-state index is 0.0899. The van der Waals surface area contributed by atoms with Gasteiger partial charge >= 0.3 is 0 Å². The fraction of sp³-hybridized carbons (Fsp3) is 0.588. The number of benzene rings is 1. The number of piperidine rings is 1. The van der Waals surface area contributed by atoms with Gasteiger partial charge in [0.15, 0.2) is 0 Å². The lowest BCUT2D eigenvalue weighted by Crippen LogP contribution is -2.40. The first-order valence-electron chi connectivity index (χ1n) is 7.59. The molecule has 0 unspecified atom stereocenters. The van der Waals surface area contributed by atoms with Crippen LogP contribution < -0.4 is 4.74 Å². The Bertz CT molecular complexity index is 487. The van der Waals surface area contributed by atoms with E-state index in [1.54, 1.807) is 14.2 Å². The number of ether oxygens (including phenoxy) is 2. The molecule has 1 fully saturated rings. The van der Waals surface area contributed by atoms with Crippen molar-refractivity contribution in [2.24, 2.45) is 5.92 Å². The van der Waals surface area contributed by atoms with E-state index >= 15 is 0 Å². The molecule has 1 amide bonds. The monoisotopic (exact) mass is 291 g/mol. The molecule has 0 spiro atoms. The SMILES string of the molecule is COCC[C@H]1CCCN(C(=O)c2c(C)cccc2OC)C1. The standard InChI is InChI=1S/C17H25NO3/c1-13-6-4-8-15(21-3)16(13)17(19)18-10-5-7-14(12-18)9-11-20-2/h4,6,8,14H,5,7,9-12H2,1-3H3/t14-/m1/s1. The molecule has 1 aliphatic rings. The molecule has 0 bridgehead atoms. The van der Waals surface area contributed by atoms with Crippen molar-refractivity contribution >= 4 is 5.91 Å². The molecule has 1 aliphatic heterocycles. The maximum Gasteiger partial charge on any atom is 0.257 e. The van der Waals surface area contributed by atoms with Crippen LogP contribution in [0.1, 0.15) is 35.2 Å². The van der Waals surface area contributed by atoms with E-state index in [4.69, 9.17) is 9.47 Å². The van der Waals surface area contributed by atoms with Gasteiger partial charge in [0.05, 0.1) is 12.7 Å². The van der Waals surface area contributed by atoms with Crippen molar-refractivity contribution in [1.82, 2.24) is 4.90 Å². The number of nitrogens with zero attached hydrogens (tertiary/aromatic N) is 1. The van der Waals surface area contributed by atoms with Gasteiger partial charge in [0, 0.05) is 26.8 Å². The second-order valence-corrected chi connectivity index (χ2v) is 5.69. The van der Waals surface area contributed by atoms with Crippen LogP contribution in [0.5, 0.6) is 5.75 Å². The summed E-state index contributed by atoms with van der Waals surface area (Å²) in [5.74, 6) is 1.30. The Morgan fingerprint density at radius 2 is 2.19 bits per heavy atom. The number of methoxy groups -OCH3 is 2. The Hall–Kier alpha value is -1.55. The molecule has 0 aliphatic carbocycles. The average Bonchev–Trinajstić information content (AvgIpc) is 2.52. The highest BCUT2D eigenvalue weighted by atomic mass is 16.5. The molecule has 1 aromatic carbocycles. The minimum atomic E-state index is 0.0899. The summed E-state index contributed by atoms with van der Waals surface area (Å²) in [5.41, 5.74) is 1.67. The summed E-state index contributed by atoms with van der Waals surface area (Å²) in [4.78, 5) is 14.8. The second kappa shape index (κ2) is 7.46. The van der Waals surface area contributed by atoms with E-state index in [9.17, 15) is 4.79 Å². The van der Waals surface area contributed by atoms with Gasteiger partial charge in [-0.3, -0.25) is 4.79 Å². The first-order chi connectivity index (χ1) is 10.2. The van der Waals surface area contributed by atoms with Crippen LogP contribution in [0.3, 0.4) is 0 Å². The first kappa shape index (κ1) is 15.8. The number of amides is 1. The van der Waals surface area contributed by atoms with Crippen LogP contribution in [0.15, 0.2) is 18.2 Å². The number of carbonyl (C=O) groups excluding carboxylic acids is 1. The summed E-state index contributed by atoms with van der Waals surface area (Å²) in [7, 11) is 3.34. The van der Waals surface area contributed by atoms with E-state index in [1.165, 1.54) is 6.42 Å². The van der Waals surface area contributed by atoms with Crippen LogP contribution in [0.25, 0.3) is 0 Å². The fourth-order valence-electron chi connectivity index (χ4n) is 3.01. The van der Waals surface area contributed by atoms with Gasteiger partial charge in [-0.25, -0.2) is 0 Å². The molecule has 0 aromatic heterocycles. The Morgan fingerprint density at radius 3 is 2.90 bits per heavy atom. The van der Waals surface area contributed by atoms with Gasteiger partial charge in [-0.1, -0.05) is 12.1 Å². The smallest absolute Gasteiger partial charge is 0.257 e.